The van der Waals surface area contributed by atoms with Crippen LogP contribution in [0.15, 0.2) is 66.9 Å². The van der Waals surface area contributed by atoms with E-state index in [4.69, 9.17) is 19.9 Å². The maximum Gasteiger partial charge on any atom is 0.319 e. The first-order chi connectivity index (χ1) is 18.0. The zero-order valence-electron chi connectivity index (χ0n) is 20.0. The third-order valence-electron chi connectivity index (χ3n) is 5.77. The standard InChI is InChI=1S/C27H27FN4O4S/c1-2-16(26-34-12-3-13-35-26)4-8-20(29)24-15-21-25(37-24)23(10-11-30-21)36-22-9-7-18(14-19(22)28)32-27(33)31-17-5-6-17/h2,4,7-11,14-15,17,26H,1,3,5-6,12-13,29H2,(H2,31,32,33)/b16-4+,20-8-. The molecule has 10 heteroatoms. The second-order valence-corrected chi connectivity index (χ2v) is 9.73. The molecule has 0 radical (unpaired) electrons. The van der Waals surface area contributed by atoms with Gasteiger partial charge in [0, 0.05) is 41.3 Å². The fourth-order valence-corrected chi connectivity index (χ4v) is 4.69. The Labute approximate surface area is 217 Å². The van der Waals surface area contributed by atoms with E-state index in [9.17, 15) is 9.18 Å². The van der Waals surface area contributed by atoms with Gasteiger partial charge in [-0.3, -0.25) is 4.98 Å². The van der Waals surface area contributed by atoms with E-state index in [0.717, 1.165) is 34.4 Å². The van der Waals surface area contributed by atoms with Gasteiger partial charge in [-0.05, 0) is 43.5 Å². The van der Waals surface area contributed by atoms with Crippen molar-refractivity contribution in [2.75, 3.05) is 18.5 Å². The largest absolute Gasteiger partial charge is 0.453 e. The van der Waals surface area contributed by atoms with Crippen LogP contribution in [0, 0.1) is 5.82 Å². The number of thiophene rings is 1. The molecule has 5 rings (SSSR count). The van der Waals surface area contributed by atoms with Gasteiger partial charge in [-0.1, -0.05) is 18.7 Å². The molecule has 3 aromatic rings. The summed E-state index contributed by atoms with van der Waals surface area (Å²) in [5.41, 5.74) is 8.68. The van der Waals surface area contributed by atoms with Crippen LogP contribution in [0.5, 0.6) is 11.5 Å². The van der Waals surface area contributed by atoms with Gasteiger partial charge in [0.2, 0.25) is 0 Å². The van der Waals surface area contributed by atoms with E-state index in [-0.39, 0.29) is 17.8 Å². The molecule has 0 unspecified atom stereocenters. The Kier molecular flexibility index (Phi) is 7.50. The van der Waals surface area contributed by atoms with Gasteiger partial charge in [0.1, 0.15) is 5.75 Å². The average Bonchev–Trinajstić information content (AvgIpc) is 3.59. The van der Waals surface area contributed by atoms with Crippen LogP contribution in [0.3, 0.4) is 0 Å². The molecule has 3 heterocycles. The Morgan fingerprint density at radius 2 is 2.00 bits per heavy atom. The predicted molar refractivity (Wildman–Crippen MR) is 142 cm³/mol. The Balaban J connectivity index is 1.32. The highest BCUT2D eigenvalue weighted by atomic mass is 32.1. The van der Waals surface area contributed by atoms with Crippen molar-refractivity contribution in [3.8, 4) is 11.5 Å². The summed E-state index contributed by atoms with van der Waals surface area (Å²) in [4.78, 5) is 17.1. The molecule has 0 bridgehead atoms. The van der Waals surface area contributed by atoms with Gasteiger partial charge in [0.05, 0.1) is 28.3 Å². The Bertz CT molecular complexity index is 1380. The number of carbonyl (C=O) groups excluding carboxylic acids is 1. The molecule has 8 nitrogen and oxygen atoms in total. The lowest BCUT2D eigenvalue weighted by Crippen LogP contribution is -2.30. The SMILES string of the molecule is C=C/C(=C\C=C(/N)c1cc2nccc(Oc3ccc(NC(=O)NC4CC4)cc3F)c2s1)C1OCCCO1. The highest BCUT2D eigenvalue weighted by Crippen LogP contribution is 2.37. The van der Waals surface area contributed by atoms with Crippen molar-refractivity contribution in [1.29, 1.82) is 0 Å². The van der Waals surface area contributed by atoms with Crippen LogP contribution in [-0.2, 0) is 9.47 Å². The van der Waals surface area contributed by atoms with E-state index in [1.807, 2.05) is 12.1 Å². The first-order valence-corrected chi connectivity index (χ1v) is 12.8. The number of allylic oxidation sites excluding steroid dienone is 2. The van der Waals surface area contributed by atoms with E-state index in [2.05, 4.69) is 22.2 Å². The van der Waals surface area contributed by atoms with Crippen LogP contribution in [0.25, 0.3) is 15.9 Å². The zero-order valence-corrected chi connectivity index (χ0v) is 20.9. The number of urea groups is 1. The van der Waals surface area contributed by atoms with Crippen LogP contribution in [0.4, 0.5) is 14.9 Å². The Morgan fingerprint density at radius 1 is 1.19 bits per heavy atom. The molecule has 1 saturated carbocycles. The number of hydrogen-bond acceptors (Lipinski definition) is 7. The van der Waals surface area contributed by atoms with Crippen LogP contribution >= 0.6 is 11.3 Å². The lowest BCUT2D eigenvalue weighted by molar-refractivity contribution is -0.154. The van der Waals surface area contributed by atoms with E-state index in [1.165, 1.54) is 23.5 Å². The lowest BCUT2D eigenvalue weighted by Gasteiger charge is -2.23. The predicted octanol–water partition coefficient (Wildman–Crippen LogP) is 5.69. The maximum atomic E-state index is 14.8. The number of ether oxygens (including phenoxy) is 3. The van der Waals surface area contributed by atoms with E-state index in [1.54, 1.807) is 30.5 Å². The summed E-state index contributed by atoms with van der Waals surface area (Å²) in [6, 6.07) is 7.68. The second-order valence-electron chi connectivity index (χ2n) is 8.67. The number of nitrogens with zero attached hydrogens (tertiary/aromatic N) is 1. The van der Waals surface area contributed by atoms with Crippen LogP contribution in [0.1, 0.15) is 24.1 Å². The molecule has 1 aliphatic heterocycles. The van der Waals surface area contributed by atoms with Gasteiger partial charge in [-0.25, -0.2) is 9.18 Å². The fourth-order valence-electron chi connectivity index (χ4n) is 3.69. The highest BCUT2D eigenvalue weighted by molar-refractivity contribution is 7.20. The molecule has 1 aliphatic carbocycles. The van der Waals surface area contributed by atoms with Gasteiger partial charge in [-0.2, -0.15) is 0 Å². The summed E-state index contributed by atoms with van der Waals surface area (Å²) in [6.45, 7) is 5.11. The van der Waals surface area contributed by atoms with Gasteiger partial charge in [0.25, 0.3) is 0 Å². The van der Waals surface area contributed by atoms with E-state index >= 15 is 0 Å². The third-order valence-corrected chi connectivity index (χ3v) is 6.96. The number of pyridine rings is 1. The molecule has 4 N–H and O–H groups in total. The van der Waals surface area contributed by atoms with Crippen molar-refractivity contribution in [2.24, 2.45) is 5.73 Å². The monoisotopic (exact) mass is 522 g/mol. The fraction of sp³-hybridized carbons (Fsp3) is 0.259. The van der Waals surface area contributed by atoms with Gasteiger partial charge >= 0.3 is 6.03 Å². The molecule has 0 atom stereocenters. The molecule has 0 spiro atoms. The normalized spacial score (nSPS) is 17.0. The minimum atomic E-state index is -0.598. The number of anilines is 1. The molecule has 192 valence electrons. The lowest BCUT2D eigenvalue weighted by atomic mass is 10.2. The number of benzene rings is 1. The van der Waals surface area contributed by atoms with Gasteiger partial charge in [-0.15, -0.1) is 11.3 Å². The van der Waals surface area contributed by atoms with Crippen LogP contribution in [0.2, 0.25) is 0 Å². The average molecular weight is 523 g/mol. The zero-order chi connectivity index (χ0) is 25.8. The topological polar surface area (TPSA) is 108 Å². The van der Waals surface area contributed by atoms with Crippen LogP contribution in [-0.4, -0.2) is 36.6 Å². The highest BCUT2D eigenvalue weighted by Gasteiger charge is 2.23. The summed E-state index contributed by atoms with van der Waals surface area (Å²) in [5, 5.41) is 5.43. The van der Waals surface area contributed by atoms with Gasteiger partial charge in [0.15, 0.2) is 17.9 Å². The van der Waals surface area contributed by atoms with Gasteiger partial charge < -0.3 is 30.6 Å². The summed E-state index contributed by atoms with van der Waals surface area (Å²) in [7, 11) is 0. The Hall–Kier alpha value is -3.73. The molecule has 2 amide bonds. The molecule has 2 aromatic heterocycles. The smallest absolute Gasteiger partial charge is 0.319 e. The van der Waals surface area contributed by atoms with E-state index < -0.39 is 12.1 Å². The summed E-state index contributed by atoms with van der Waals surface area (Å²) in [6.07, 6.45) is 9.22. The molecular weight excluding hydrogens is 495 g/mol. The molecule has 1 aromatic carbocycles. The van der Waals surface area contributed by atoms with E-state index in [0.29, 0.717) is 35.9 Å². The van der Waals surface area contributed by atoms with Crippen molar-refractivity contribution in [3.63, 3.8) is 0 Å². The number of halogens is 1. The third kappa shape index (κ3) is 6.16. The summed E-state index contributed by atoms with van der Waals surface area (Å²) >= 11 is 1.39. The number of hydrogen-bond donors (Lipinski definition) is 3. The first kappa shape index (κ1) is 24.9. The van der Waals surface area contributed by atoms with Crippen molar-refractivity contribution < 1.29 is 23.4 Å². The van der Waals surface area contributed by atoms with Crippen molar-refractivity contribution in [2.45, 2.75) is 31.6 Å². The number of nitrogens with one attached hydrogen (secondary N) is 2. The van der Waals surface area contributed by atoms with Crippen molar-refractivity contribution in [1.82, 2.24) is 10.3 Å². The second kappa shape index (κ2) is 11.1. The molecular formula is C27H27FN4O4S. The minimum absolute atomic E-state index is 0.0326. The Morgan fingerprint density at radius 3 is 2.73 bits per heavy atom. The maximum absolute atomic E-state index is 14.8. The van der Waals surface area contributed by atoms with Crippen molar-refractivity contribution >= 4 is 39.0 Å². The number of fused-ring (bicyclic) bond motifs is 1. The quantitative estimate of drug-likeness (QED) is 0.328. The molecule has 37 heavy (non-hydrogen) atoms. The first-order valence-electron chi connectivity index (χ1n) is 12.0. The number of aromatic nitrogens is 1. The van der Waals surface area contributed by atoms with Crippen molar-refractivity contribution in [3.05, 3.63) is 77.6 Å². The molecule has 2 fully saturated rings. The number of nitrogens with two attached hydrogens (primary N) is 1. The number of amides is 2. The summed E-state index contributed by atoms with van der Waals surface area (Å²) < 4.78 is 32.7. The molecule has 1 saturated heterocycles. The van der Waals surface area contributed by atoms with Crippen LogP contribution < -0.4 is 21.1 Å². The minimum Gasteiger partial charge on any atom is -0.453 e. The molecule has 2 aliphatic rings. The number of carbonyl (C=O) groups is 1. The number of rotatable bonds is 8. The summed E-state index contributed by atoms with van der Waals surface area (Å²) in [5.74, 6) is -0.115.